The zero-order valence-electron chi connectivity index (χ0n) is 10.1. The van der Waals surface area contributed by atoms with E-state index in [4.69, 9.17) is 5.73 Å². The van der Waals surface area contributed by atoms with Crippen LogP contribution in [0.4, 0.5) is 11.4 Å². The maximum absolute atomic E-state index is 11.9. The van der Waals surface area contributed by atoms with Crippen molar-refractivity contribution in [1.29, 1.82) is 0 Å². The molecule has 0 aliphatic carbocycles. The molecule has 0 aromatic heterocycles. The molecule has 0 radical (unpaired) electrons. The molecule has 0 spiro atoms. The number of nitro groups is 1. The highest BCUT2D eigenvalue weighted by atomic mass is 79.9. The van der Waals surface area contributed by atoms with Crippen LogP contribution in [0.1, 0.15) is 13.8 Å². The summed E-state index contributed by atoms with van der Waals surface area (Å²) >= 11 is 3.18. The Bertz CT molecular complexity index is 488. The summed E-state index contributed by atoms with van der Waals surface area (Å²) in [5, 5.41) is 13.3. The average Bonchev–Trinajstić information content (AvgIpc) is 2.31. The zero-order valence-corrected chi connectivity index (χ0v) is 11.7. The predicted octanol–water partition coefficient (Wildman–Crippen LogP) is 2.28. The molecule has 0 fully saturated rings. The monoisotopic (exact) mass is 315 g/mol. The Kier molecular flexibility index (Phi) is 4.42. The largest absolute Gasteiger partial charge is 0.329 e. The van der Waals surface area contributed by atoms with Crippen LogP contribution in [0.25, 0.3) is 0 Å². The van der Waals surface area contributed by atoms with Gasteiger partial charge in [0.1, 0.15) is 0 Å². The van der Waals surface area contributed by atoms with E-state index in [0.717, 1.165) is 0 Å². The Labute approximate surface area is 113 Å². The van der Waals surface area contributed by atoms with Crippen LogP contribution in [0, 0.1) is 15.5 Å². The van der Waals surface area contributed by atoms with E-state index in [1.54, 1.807) is 13.8 Å². The molecule has 98 valence electrons. The molecule has 0 aliphatic rings. The first-order valence-corrected chi connectivity index (χ1v) is 6.02. The Morgan fingerprint density at radius 3 is 2.61 bits per heavy atom. The van der Waals surface area contributed by atoms with Gasteiger partial charge in [0, 0.05) is 23.2 Å². The summed E-state index contributed by atoms with van der Waals surface area (Å²) in [6.45, 7) is 3.66. The number of hydrogen-bond acceptors (Lipinski definition) is 4. The lowest BCUT2D eigenvalue weighted by Gasteiger charge is -2.21. The molecule has 3 N–H and O–H groups in total. The van der Waals surface area contributed by atoms with Crippen molar-refractivity contribution in [3.63, 3.8) is 0 Å². The second-order valence-corrected chi connectivity index (χ2v) is 5.32. The molecule has 18 heavy (non-hydrogen) atoms. The number of carbonyl (C=O) groups excluding carboxylic acids is 1. The van der Waals surface area contributed by atoms with Crippen LogP contribution < -0.4 is 11.1 Å². The summed E-state index contributed by atoms with van der Waals surface area (Å²) in [7, 11) is 0. The Balaban J connectivity index is 2.93. The number of amides is 1. The third kappa shape index (κ3) is 3.27. The SMILES string of the molecule is CC(C)(CN)C(=O)Nc1ccc([N+](=O)[O-])cc1Br. The van der Waals surface area contributed by atoms with Crippen molar-refractivity contribution >= 4 is 33.2 Å². The molecule has 0 atom stereocenters. The van der Waals surface area contributed by atoms with Crippen LogP contribution in [0.5, 0.6) is 0 Å². The molecule has 7 heteroatoms. The van der Waals surface area contributed by atoms with E-state index in [2.05, 4.69) is 21.2 Å². The number of nitro benzene ring substituents is 1. The highest BCUT2D eigenvalue weighted by Crippen LogP contribution is 2.28. The predicted molar refractivity (Wildman–Crippen MR) is 72.3 cm³/mol. The number of hydrogen-bond donors (Lipinski definition) is 2. The molecule has 0 unspecified atom stereocenters. The average molecular weight is 316 g/mol. The standard InChI is InChI=1S/C11H14BrN3O3/c1-11(2,6-13)10(16)14-9-4-3-7(15(17)18)5-8(9)12/h3-5H,6,13H2,1-2H3,(H,14,16). The third-order valence-corrected chi connectivity index (χ3v) is 3.19. The van der Waals surface area contributed by atoms with Gasteiger partial charge in [0.15, 0.2) is 0 Å². The van der Waals surface area contributed by atoms with Gasteiger partial charge in [-0.2, -0.15) is 0 Å². The Morgan fingerprint density at radius 2 is 2.17 bits per heavy atom. The van der Waals surface area contributed by atoms with Gasteiger partial charge in [-0.1, -0.05) is 0 Å². The molecule has 0 bridgehead atoms. The summed E-state index contributed by atoms with van der Waals surface area (Å²) < 4.78 is 0.456. The first-order chi connectivity index (χ1) is 8.27. The Hall–Kier alpha value is -1.47. The molecule has 0 heterocycles. The fourth-order valence-corrected chi connectivity index (χ4v) is 1.57. The molecule has 0 aliphatic heterocycles. The van der Waals surface area contributed by atoms with Crippen molar-refractivity contribution in [2.75, 3.05) is 11.9 Å². The van der Waals surface area contributed by atoms with Gasteiger partial charge >= 0.3 is 0 Å². The summed E-state index contributed by atoms with van der Waals surface area (Å²) in [6.07, 6.45) is 0. The minimum atomic E-state index is -0.693. The Morgan fingerprint density at radius 1 is 1.56 bits per heavy atom. The molecule has 0 saturated heterocycles. The van der Waals surface area contributed by atoms with Gasteiger partial charge in [-0.25, -0.2) is 0 Å². The lowest BCUT2D eigenvalue weighted by molar-refractivity contribution is -0.384. The van der Waals surface area contributed by atoms with Crippen LogP contribution in [-0.2, 0) is 4.79 Å². The normalized spacial score (nSPS) is 11.1. The van der Waals surface area contributed by atoms with Crippen LogP contribution in [0.3, 0.4) is 0 Å². The quantitative estimate of drug-likeness (QED) is 0.657. The van der Waals surface area contributed by atoms with Crippen LogP contribution in [-0.4, -0.2) is 17.4 Å². The van der Waals surface area contributed by atoms with Crippen LogP contribution in [0.15, 0.2) is 22.7 Å². The molecular weight excluding hydrogens is 302 g/mol. The second-order valence-electron chi connectivity index (χ2n) is 4.46. The number of rotatable bonds is 4. The maximum atomic E-state index is 11.9. The maximum Gasteiger partial charge on any atom is 0.270 e. The van der Waals surface area contributed by atoms with Gasteiger partial charge in [0.2, 0.25) is 5.91 Å². The van der Waals surface area contributed by atoms with E-state index in [0.29, 0.717) is 10.2 Å². The molecule has 1 rings (SSSR count). The number of halogens is 1. The minimum Gasteiger partial charge on any atom is -0.329 e. The first-order valence-electron chi connectivity index (χ1n) is 5.23. The number of benzene rings is 1. The van der Waals surface area contributed by atoms with E-state index in [9.17, 15) is 14.9 Å². The van der Waals surface area contributed by atoms with Crippen molar-refractivity contribution in [3.8, 4) is 0 Å². The molecule has 1 aromatic carbocycles. The van der Waals surface area contributed by atoms with E-state index in [1.807, 2.05) is 0 Å². The number of non-ortho nitro benzene ring substituents is 1. The number of nitrogens with zero attached hydrogens (tertiary/aromatic N) is 1. The lowest BCUT2D eigenvalue weighted by atomic mass is 9.92. The molecule has 0 saturated carbocycles. The number of nitrogens with one attached hydrogen (secondary N) is 1. The highest BCUT2D eigenvalue weighted by molar-refractivity contribution is 9.10. The van der Waals surface area contributed by atoms with E-state index >= 15 is 0 Å². The van der Waals surface area contributed by atoms with E-state index in [1.165, 1.54) is 18.2 Å². The van der Waals surface area contributed by atoms with Crippen molar-refractivity contribution in [2.45, 2.75) is 13.8 Å². The van der Waals surface area contributed by atoms with Crippen LogP contribution in [0.2, 0.25) is 0 Å². The number of carbonyl (C=O) groups is 1. The number of anilines is 1. The smallest absolute Gasteiger partial charge is 0.270 e. The highest BCUT2D eigenvalue weighted by Gasteiger charge is 2.26. The van der Waals surface area contributed by atoms with Gasteiger partial charge in [-0.3, -0.25) is 14.9 Å². The molecular formula is C11H14BrN3O3. The molecule has 6 nitrogen and oxygen atoms in total. The lowest BCUT2D eigenvalue weighted by Crippen LogP contribution is -2.37. The summed E-state index contributed by atoms with van der Waals surface area (Å²) in [5.74, 6) is -0.237. The van der Waals surface area contributed by atoms with E-state index < -0.39 is 10.3 Å². The second kappa shape index (κ2) is 5.45. The van der Waals surface area contributed by atoms with E-state index in [-0.39, 0.29) is 18.1 Å². The molecule has 1 aromatic rings. The summed E-state index contributed by atoms with van der Waals surface area (Å²) in [5.41, 5.74) is 5.24. The summed E-state index contributed by atoms with van der Waals surface area (Å²) in [4.78, 5) is 22.0. The zero-order chi connectivity index (χ0) is 13.9. The first kappa shape index (κ1) is 14.6. The van der Waals surface area contributed by atoms with Crippen molar-refractivity contribution in [2.24, 2.45) is 11.1 Å². The third-order valence-electron chi connectivity index (χ3n) is 2.54. The minimum absolute atomic E-state index is 0.0436. The fraction of sp³-hybridized carbons (Fsp3) is 0.364. The summed E-state index contributed by atoms with van der Waals surface area (Å²) in [6, 6.07) is 4.15. The van der Waals surface area contributed by atoms with Gasteiger partial charge in [-0.15, -0.1) is 0 Å². The van der Waals surface area contributed by atoms with Crippen molar-refractivity contribution in [3.05, 3.63) is 32.8 Å². The topological polar surface area (TPSA) is 98.3 Å². The fourth-order valence-electron chi connectivity index (χ4n) is 1.10. The van der Waals surface area contributed by atoms with Gasteiger partial charge in [0.05, 0.1) is 16.0 Å². The number of nitrogens with two attached hydrogens (primary N) is 1. The van der Waals surface area contributed by atoms with Crippen molar-refractivity contribution < 1.29 is 9.72 Å². The molecule has 1 amide bonds. The van der Waals surface area contributed by atoms with Gasteiger partial charge < -0.3 is 11.1 Å². The van der Waals surface area contributed by atoms with Gasteiger partial charge in [-0.05, 0) is 35.8 Å². The van der Waals surface area contributed by atoms with Crippen LogP contribution >= 0.6 is 15.9 Å². The van der Waals surface area contributed by atoms with Gasteiger partial charge in [0.25, 0.3) is 5.69 Å². The van der Waals surface area contributed by atoms with Crippen molar-refractivity contribution in [1.82, 2.24) is 0 Å².